The third kappa shape index (κ3) is 4.82. The summed E-state index contributed by atoms with van der Waals surface area (Å²) in [5, 5.41) is 2.25. The molecule has 0 fully saturated rings. The lowest BCUT2D eigenvalue weighted by atomic mass is 10.1. The number of halogens is 3. The third-order valence-corrected chi connectivity index (χ3v) is 2.58. The normalized spacial score (nSPS) is 11.4. The van der Waals surface area contributed by atoms with Crippen molar-refractivity contribution >= 4 is 11.6 Å². The van der Waals surface area contributed by atoms with E-state index >= 15 is 0 Å². The number of nitrogens with two attached hydrogens (primary N) is 1. The molecule has 1 aromatic carbocycles. The Morgan fingerprint density at radius 2 is 2.10 bits per heavy atom. The summed E-state index contributed by atoms with van der Waals surface area (Å²) in [5.41, 5.74) is 4.51. The molecule has 0 aliphatic heterocycles. The van der Waals surface area contributed by atoms with E-state index in [0.717, 1.165) is 6.07 Å². The van der Waals surface area contributed by atoms with Crippen LogP contribution >= 0.6 is 0 Å². The summed E-state index contributed by atoms with van der Waals surface area (Å²) in [4.78, 5) is 11.5. The van der Waals surface area contributed by atoms with Crippen molar-refractivity contribution in [1.29, 1.82) is 0 Å². The Labute approximate surface area is 115 Å². The van der Waals surface area contributed by atoms with Crippen LogP contribution in [0, 0.1) is 0 Å². The monoisotopic (exact) mass is 290 g/mol. The minimum absolute atomic E-state index is 0.00163. The van der Waals surface area contributed by atoms with E-state index in [1.54, 1.807) is 6.92 Å². The van der Waals surface area contributed by atoms with E-state index in [-0.39, 0.29) is 25.3 Å². The summed E-state index contributed by atoms with van der Waals surface area (Å²) >= 11 is 0. The average molecular weight is 290 g/mol. The molecule has 0 aliphatic rings. The van der Waals surface area contributed by atoms with Crippen LogP contribution in [-0.4, -0.2) is 19.1 Å². The zero-order valence-corrected chi connectivity index (χ0v) is 11.1. The Balaban J connectivity index is 2.86. The van der Waals surface area contributed by atoms with Crippen LogP contribution in [0.3, 0.4) is 0 Å². The molecular weight excluding hydrogens is 273 g/mol. The Morgan fingerprint density at radius 3 is 2.65 bits per heavy atom. The zero-order valence-electron chi connectivity index (χ0n) is 11.1. The quantitative estimate of drug-likeness (QED) is 0.791. The molecule has 0 radical (unpaired) electrons. The molecule has 0 aliphatic carbocycles. The lowest BCUT2D eigenvalue weighted by Crippen LogP contribution is -2.18. The lowest BCUT2D eigenvalue weighted by molar-refractivity contribution is -0.137. The highest BCUT2D eigenvalue weighted by molar-refractivity contribution is 5.91. The van der Waals surface area contributed by atoms with E-state index in [1.165, 1.54) is 12.1 Å². The van der Waals surface area contributed by atoms with Crippen LogP contribution in [0.5, 0.6) is 0 Å². The van der Waals surface area contributed by atoms with Crippen molar-refractivity contribution in [3.05, 3.63) is 29.3 Å². The number of carbonyl (C=O) groups is 1. The fraction of sp³-hybridized carbons (Fsp3) is 0.462. The van der Waals surface area contributed by atoms with Gasteiger partial charge in [0, 0.05) is 13.2 Å². The summed E-state index contributed by atoms with van der Waals surface area (Å²) in [6.45, 7) is 2.39. The number of alkyl halides is 3. The molecule has 0 unspecified atom stereocenters. The second-order valence-corrected chi connectivity index (χ2v) is 4.08. The molecule has 0 bridgehead atoms. The third-order valence-electron chi connectivity index (χ3n) is 2.58. The fourth-order valence-electron chi connectivity index (χ4n) is 1.58. The van der Waals surface area contributed by atoms with Crippen LogP contribution in [0.15, 0.2) is 18.2 Å². The van der Waals surface area contributed by atoms with E-state index in [1.807, 2.05) is 0 Å². The second-order valence-electron chi connectivity index (χ2n) is 4.08. The summed E-state index contributed by atoms with van der Waals surface area (Å²) in [7, 11) is 0. The number of rotatable bonds is 6. The second kappa shape index (κ2) is 7.25. The topological polar surface area (TPSA) is 64.3 Å². The summed E-state index contributed by atoms with van der Waals surface area (Å²) < 4.78 is 43.7. The Hall–Kier alpha value is -1.60. The summed E-state index contributed by atoms with van der Waals surface area (Å²) in [6.07, 6.45) is -4.54. The van der Waals surface area contributed by atoms with Gasteiger partial charge in [-0.1, -0.05) is 6.07 Å². The minimum atomic E-state index is -4.55. The molecule has 0 saturated heterocycles. The maximum atomic E-state index is 12.9. The zero-order chi connectivity index (χ0) is 15.2. The van der Waals surface area contributed by atoms with Gasteiger partial charge in [-0.05, 0) is 24.6 Å². The highest BCUT2D eigenvalue weighted by atomic mass is 19.4. The molecule has 1 rings (SSSR count). The van der Waals surface area contributed by atoms with E-state index < -0.39 is 17.6 Å². The summed E-state index contributed by atoms with van der Waals surface area (Å²) in [6, 6.07) is 3.61. The van der Waals surface area contributed by atoms with Gasteiger partial charge in [0.2, 0.25) is 5.91 Å². The predicted molar refractivity (Wildman–Crippen MR) is 69.1 cm³/mol. The molecule has 20 heavy (non-hydrogen) atoms. The van der Waals surface area contributed by atoms with E-state index in [4.69, 9.17) is 10.5 Å². The molecule has 0 spiro atoms. The molecule has 112 valence electrons. The van der Waals surface area contributed by atoms with Crippen molar-refractivity contribution in [2.24, 2.45) is 5.73 Å². The van der Waals surface area contributed by atoms with Gasteiger partial charge in [0.05, 0.1) is 24.3 Å². The van der Waals surface area contributed by atoms with Gasteiger partial charge in [-0.2, -0.15) is 13.2 Å². The molecule has 0 saturated carbocycles. The predicted octanol–water partition coefficient (Wildman–Crippen LogP) is 2.53. The first kappa shape index (κ1) is 16.5. The van der Waals surface area contributed by atoms with Gasteiger partial charge in [0.1, 0.15) is 0 Å². The highest BCUT2D eigenvalue weighted by Crippen LogP contribution is 2.35. The van der Waals surface area contributed by atoms with E-state index in [9.17, 15) is 18.0 Å². The number of benzene rings is 1. The highest BCUT2D eigenvalue weighted by Gasteiger charge is 2.34. The largest absolute Gasteiger partial charge is 0.418 e. The number of ether oxygens (including phenoxy) is 1. The standard InChI is InChI=1S/C13H17F3N2O2/c1-2-20-6-5-12(19)18-11-4-3-9(8-17)7-10(11)13(14,15)16/h3-4,7H,2,5-6,8,17H2,1H3,(H,18,19). The average Bonchev–Trinajstić information content (AvgIpc) is 2.38. The number of nitrogens with one attached hydrogen (secondary N) is 1. The van der Waals surface area contributed by atoms with E-state index in [2.05, 4.69) is 5.32 Å². The maximum absolute atomic E-state index is 12.9. The Kier molecular flexibility index (Phi) is 5.97. The lowest BCUT2D eigenvalue weighted by Gasteiger charge is -2.15. The molecule has 1 amide bonds. The van der Waals surface area contributed by atoms with Crippen LogP contribution < -0.4 is 11.1 Å². The van der Waals surface area contributed by atoms with Gasteiger partial charge in [-0.15, -0.1) is 0 Å². The van der Waals surface area contributed by atoms with Crippen molar-refractivity contribution in [1.82, 2.24) is 0 Å². The fourth-order valence-corrected chi connectivity index (χ4v) is 1.58. The number of amides is 1. The SMILES string of the molecule is CCOCCC(=O)Nc1ccc(CN)cc1C(F)(F)F. The molecule has 7 heteroatoms. The van der Waals surface area contributed by atoms with Crippen LogP contribution in [0.2, 0.25) is 0 Å². The first-order chi connectivity index (χ1) is 9.38. The van der Waals surface area contributed by atoms with Crippen molar-refractivity contribution < 1.29 is 22.7 Å². The van der Waals surface area contributed by atoms with Crippen LogP contribution in [0.1, 0.15) is 24.5 Å². The molecule has 0 atom stereocenters. The summed E-state index contributed by atoms with van der Waals surface area (Å²) in [5.74, 6) is -0.524. The number of anilines is 1. The molecule has 3 N–H and O–H groups in total. The Morgan fingerprint density at radius 1 is 1.40 bits per heavy atom. The minimum Gasteiger partial charge on any atom is -0.381 e. The number of hydrogen-bond donors (Lipinski definition) is 2. The first-order valence-electron chi connectivity index (χ1n) is 6.16. The van der Waals surface area contributed by atoms with Gasteiger partial charge >= 0.3 is 6.18 Å². The number of carbonyl (C=O) groups excluding carboxylic acids is 1. The van der Waals surface area contributed by atoms with Crippen LogP contribution in [0.4, 0.5) is 18.9 Å². The van der Waals surface area contributed by atoms with E-state index in [0.29, 0.717) is 12.2 Å². The van der Waals surface area contributed by atoms with Gasteiger partial charge in [0.25, 0.3) is 0 Å². The van der Waals surface area contributed by atoms with Crippen molar-refractivity contribution in [2.45, 2.75) is 26.1 Å². The molecule has 0 aromatic heterocycles. The number of hydrogen-bond acceptors (Lipinski definition) is 3. The van der Waals surface area contributed by atoms with Gasteiger partial charge in [0.15, 0.2) is 0 Å². The maximum Gasteiger partial charge on any atom is 0.418 e. The van der Waals surface area contributed by atoms with Crippen LogP contribution in [-0.2, 0) is 22.3 Å². The smallest absolute Gasteiger partial charge is 0.381 e. The molecule has 0 heterocycles. The van der Waals surface area contributed by atoms with Crippen molar-refractivity contribution in [3.8, 4) is 0 Å². The molecular formula is C13H17F3N2O2. The van der Waals surface area contributed by atoms with Gasteiger partial charge in [-0.3, -0.25) is 4.79 Å². The molecule has 1 aromatic rings. The molecule has 4 nitrogen and oxygen atoms in total. The van der Waals surface area contributed by atoms with Crippen LogP contribution in [0.25, 0.3) is 0 Å². The van der Waals surface area contributed by atoms with Gasteiger partial charge in [-0.25, -0.2) is 0 Å². The Bertz CT molecular complexity index is 461. The first-order valence-corrected chi connectivity index (χ1v) is 6.16. The van der Waals surface area contributed by atoms with Gasteiger partial charge < -0.3 is 15.8 Å². The van der Waals surface area contributed by atoms with Crippen molar-refractivity contribution in [3.63, 3.8) is 0 Å². The van der Waals surface area contributed by atoms with Crippen molar-refractivity contribution in [2.75, 3.05) is 18.5 Å².